The number of aryl methyl sites for hydroxylation is 1. The lowest BCUT2D eigenvalue weighted by atomic mass is 9.99. The number of H-pyrrole nitrogens is 1. The highest BCUT2D eigenvalue weighted by Crippen LogP contribution is 2.33. The first kappa shape index (κ1) is 27.1. The van der Waals surface area contributed by atoms with Crippen molar-refractivity contribution in [1.29, 1.82) is 0 Å². The van der Waals surface area contributed by atoms with E-state index in [1.165, 1.54) is 12.3 Å². The number of aldehydes is 1. The Balaban J connectivity index is 0.000000204. The lowest BCUT2D eigenvalue weighted by molar-refractivity contribution is -0.129. The standard InChI is InChI=1S/C19H19FN2O2.C11H13FN2/c1-13(24)22-6-2-3-19(22)17-5-4-16(18(20)9-17)8-14-7-15(12-23)11-21-10-14;1-7-5-14-11-4-10(12)8(6-13-2)3-9(7)11/h4-5,7,9-12,19H,2-3,6,8H2,1H3;3-5,13-14H,6H2,1-2H3. The normalized spacial score (nSPS) is 14.9. The Kier molecular flexibility index (Phi) is 8.63. The molecule has 2 aromatic heterocycles. The molecule has 0 bridgehead atoms. The third-order valence-electron chi connectivity index (χ3n) is 6.89. The van der Waals surface area contributed by atoms with Crippen molar-refractivity contribution in [2.24, 2.45) is 0 Å². The Morgan fingerprint density at radius 2 is 1.95 bits per heavy atom. The molecule has 2 N–H and O–H groups in total. The van der Waals surface area contributed by atoms with Gasteiger partial charge in [0.1, 0.15) is 11.6 Å². The SMILES string of the molecule is CC(=O)N1CCCC1c1ccc(Cc2cncc(C=O)c2)c(F)c1.CNCc1cc2c(C)c[nH]c2cc1F. The van der Waals surface area contributed by atoms with Gasteiger partial charge in [-0.1, -0.05) is 12.1 Å². The van der Waals surface area contributed by atoms with Crippen molar-refractivity contribution in [3.05, 3.63) is 100 Å². The van der Waals surface area contributed by atoms with E-state index in [2.05, 4.69) is 15.3 Å². The maximum absolute atomic E-state index is 14.5. The van der Waals surface area contributed by atoms with Crippen molar-refractivity contribution in [1.82, 2.24) is 20.2 Å². The zero-order chi connectivity index (χ0) is 27.2. The summed E-state index contributed by atoms with van der Waals surface area (Å²) in [6, 6.07) is 10.3. The van der Waals surface area contributed by atoms with Gasteiger partial charge in [-0.25, -0.2) is 8.78 Å². The van der Waals surface area contributed by atoms with Crippen molar-refractivity contribution in [2.75, 3.05) is 13.6 Å². The number of carbonyl (C=O) groups is 2. The van der Waals surface area contributed by atoms with Gasteiger partial charge in [-0.3, -0.25) is 14.6 Å². The molecule has 1 unspecified atom stereocenters. The lowest BCUT2D eigenvalue weighted by Gasteiger charge is -2.24. The van der Waals surface area contributed by atoms with Crippen molar-refractivity contribution in [3.8, 4) is 0 Å². The van der Waals surface area contributed by atoms with Gasteiger partial charge in [-0.2, -0.15) is 0 Å². The van der Waals surface area contributed by atoms with Gasteiger partial charge in [0.15, 0.2) is 6.29 Å². The smallest absolute Gasteiger partial charge is 0.219 e. The zero-order valence-electron chi connectivity index (χ0n) is 21.9. The number of hydrogen-bond donors (Lipinski definition) is 2. The van der Waals surface area contributed by atoms with Gasteiger partial charge < -0.3 is 15.2 Å². The highest BCUT2D eigenvalue weighted by molar-refractivity contribution is 5.83. The van der Waals surface area contributed by atoms with Crippen LogP contribution in [0, 0.1) is 18.6 Å². The summed E-state index contributed by atoms with van der Waals surface area (Å²) in [7, 11) is 1.81. The largest absolute Gasteiger partial charge is 0.361 e. The van der Waals surface area contributed by atoms with E-state index in [9.17, 15) is 18.4 Å². The Bertz CT molecular complexity index is 1450. The first-order valence-electron chi connectivity index (χ1n) is 12.7. The van der Waals surface area contributed by atoms with Crippen LogP contribution in [-0.4, -0.2) is 40.7 Å². The number of amides is 1. The second kappa shape index (κ2) is 12.1. The third-order valence-corrected chi connectivity index (χ3v) is 6.89. The number of benzene rings is 2. The molecule has 1 amide bonds. The number of fused-ring (bicyclic) bond motifs is 1. The molecule has 0 spiro atoms. The second-order valence-electron chi connectivity index (χ2n) is 9.63. The number of nitrogens with zero attached hydrogens (tertiary/aromatic N) is 2. The molecule has 1 aliphatic rings. The van der Waals surface area contributed by atoms with E-state index in [4.69, 9.17) is 0 Å². The number of hydrogen-bond acceptors (Lipinski definition) is 4. The van der Waals surface area contributed by atoms with E-state index in [-0.39, 0.29) is 23.6 Å². The van der Waals surface area contributed by atoms with Crippen LogP contribution in [0.15, 0.2) is 55.0 Å². The fourth-order valence-electron chi connectivity index (χ4n) is 4.95. The molecule has 5 rings (SSSR count). The Morgan fingerprint density at radius 1 is 1.16 bits per heavy atom. The first-order valence-corrected chi connectivity index (χ1v) is 12.7. The number of nitrogens with one attached hydrogen (secondary N) is 2. The van der Waals surface area contributed by atoms with E-state index in [1.807, 2.05) is 32.3 Å². The summed E-state index contributed by atoms with van der Waals surface area (Å²) in [4.78, 5) is 31.3. The van der Waals surface area contributed by atoms with Gasteiger partial charge in [-0.05, 0) is 73.3 Å². The summed E-state index contributed by atoms with van der Waals surface area (Å²) in [5.41, 5.74) is 5.38. The summed E-state index contributed by atoms with van der Waals surface area (Å²) in [5, 5.41) is 4.05. The number of likely N-dealkylation sites (tertiary alicyclic amines) is 1. The van der Waals surface area contributed by atoms with Crippen LogP contribution in [0.4, 0.5) is 8.78 Å². The Labute approximate surface area is 221 Å². The predicted molar refractivity (Wildman–Crippen MR) is 144 cm³/mol. The third kappa shape index (κ3) is 6.14. The minimum absolute atomic E-state index is 0.0266. The van der Waals surface area contributed by atoms with Gasteiger partial charge in [0.2, 0.25) is 5.91 Å². The molecule has 38 heavy (non-hydrogen) atoms. The van der Waals surface area contributed by atoms with Crippen LogP contribution >= 0.6 is 0 Å². The summed E-state index contributed by atoms with van der Waals surface area (Å²) in [6.07, 6.45) is 7.92. The van der Waals surface area contributed by atoms with Gasteiger partial charge in [0.05, 0.1) is 6.04 Å². The molecular weight excluding hydrogens is 486 g/mol. The van der Waals surface area contributed by atoms with E-state index in [1.54, 1.807) is 36.2 Å². The molecule has 1 aliphatic heterocycles. The van der Waals surface area contributed by atoms with Crippen molar-refractivity contribution in [2.45, 2.75) is 45.7 Å². The number of rotatable bonds is 6. The van der Waals surface area contributed by atoms with Crippen LogP contribution in [0.3, 0.4) is 0 Å². The quantitative estimate of drug-likeness (QED) is 0.324. The molecule has 4 aromatic rings. The lowest BCUT2D eigenvalue weighted by Crippen LogP contribution is -2.28. The van der Waals surface area contributed by atoms with Gasteiger partial charge >= 0.3 is 0 Å². The van der Waals surface area contributed by atoms with Crippen molar-refractivity contribution >= 4 is 23.1 Å². The topological polar surface area (TPSA) is 78.1 Å². The van der Waals surface area contributed by atoms with Crippen LogP contribution in [-0.2, 0) is 17.8 Å². The summed E-state index contributed by atoms with van der Waals surface area (Å²) < 4.78 is 28.0. The molecule has 6 nitrogen and oxygen atoms in total. The van der Waals surface area contributed by atoms with E-state index in [0.29, 0.717) is 29.7 Å². The number of pyridine rings is 1. The number of aromatic amines is 1. The summed E-state index contributed by atoms with van der Waals surface area (Å²) in [6.45, 7) is 4.86. The molecule has 198 valence electrons. The van der Waals surface area contributed by atoms with Crippen molar-refractivity contribution in [3.63, 3.8) is 0 Å². The maximum Gasteiger partial charge on any atom is 0.219 e. The number of aromatic nitrogens is 2. The van der Waals surface area contributed by atoms with E-state index >= 15 is 0 Å². The molecule has 3 heterocycles. The summed E-state index contributed by atoms with van der Waals surface area (Å²) >= 11 is 0. The molecule has 0 aliphatic carbocycles. The molecule has 1 saturated heterocycles. The molecule has 1 atom stereocenters. The average Bonchev–Trinajstić information content (AvgIpc) is 3.54. The number of halogens is 2. The average molecular weight is 519 g/mol. The highest BCUT2D eigenvalue weighted by Gasteiger charge is 2.28. The van der Waals surface area contributed by atoms with Gasteiger partial charge in [0.25, 0.3) is 0 Å². The molecule has 0 saturated carbocycles. The molecule has 8 heteroatoms. The number of carbonyl (C=O) groups excluding carboxylic acids is 2. The second-order valence-corrected chi connectivity index (χ2v) is 9.63. The van der Waals surface area contributed by atoms with Crippen LogP contribution in [0.5, 0.6) is 0 Å². The van der Waals surface area contributed by atoms with E-state index < -0.39 is 0 Å². The Morgan fingerprint density at radius 3 is 2.66 bits per heavy atom. The zero-order valence-corrected chi connectivity index (χ0v) is 21.9. The minimum Gasteiger partial charge on any atom is -0.361 e. The fourth-order valence-corrected chi connectivity index (χ4v) is 4.95. The van der Waals surface area contributed by atoms with E-state index in [0.717, 1.165) is 53.3 Å². The first-order chi connectivity index (χ1) is 18.3. The molecule has 0 radical (unpaired) electrons. The molecule has 1 fully saturated rings. The summed E-state index contributed by atoms with van der Waals surface area (Å²) in [5.74, 6) is -0.424. The van der Waals surface area contributed by atoms with Crippen LogP contribution < -0.4 is 5.32 Å². The molecular formula is C30H32F2N4O2. The monoisotopic (exact) mass is 518 g/mol. The predicted octanol–water partition coefficient (Wildman–Crippen LogP) is 5.64. The highest BCUT2D eigenvalue weighted by atomic mass is 19.1. The van der Waals surface area contributed by atoms with Crippen LogP contribution in [0.25, 0.3) is 10.9 Å². The Hall–Kier alpha value is -3.91. The fraction of sp³-hybridized carbons (Fsp3) is 0.300. The van der Waals surface area contributed by atoms with Crippen molar-refractivity contribution < 1.29 is 18.4 Å². The maximum atomic E-state index is 14.5. The van der Waals surface area contributed by atoms with Gasteiger partial charge in [0, 0.05) is 67.1 Å². The van der Waals surface area contributed by atoms with Gasteiger partial charge in [-0.15, -0.1) is 0 Å². The van der Waals surface area contributed by atoms with Crippen LogP contribution in [0.2, 0.25) is 0 Å². The van der Waals surface area contributed by atoms with Crippen LogP contribution in [0.1, 0.15) is 64.0 Å². The molecule has 2 aromatic carbocycles. The minimum atomic E-state index is -0.292.